The van der Waals surface area contributed by atoms with Gasteiger partial charge in [-0.2, -0.15) is 26.3 Å². The van der Waals surface area contributed by atoms with Gasteiger partial charge in [-0.1, -0.05) is 71.7 Å². The summed E-state index contributed by atoms with van der Waals surface area (Å²) >= 11 is 13.6. The van der Waals surface area contributed by atoms with Crippen LogP contribution < -0.4 is 21.3 Å². The number of halogens is 8. The van der Waals surface area contributed by atoms with Gasteiger partial charge in [0.1, 0.15) is 11.4 Å². The van der Waals surface area contributed by atoms with Gasteiger partial charge in [0.2, 0.25) is 11.8 Å². The zero-order valence-corrected chi connectivity index (χ0v) is 28.8. The lowest BCUT2D eigenvalue weighted by Crippen LogP contribution is -2.35. The quantitative estimate of drug-likeness (QED) is 0.118. The third-order valence-electron chi connectivity index (χ3n) is 8.92. The predicted octanol–water partition coefficient (Wildman–Crippen LogP) is 7.56. The van der Waals surface area contributed by atoms with Crippen molar-refractivity contribution in [2.24, 2.45) is 0 Å². The van der Waals surface area contributed by atoms with E-state index in [1.54, 1.807) is 24.3 Å². The molecule has 0 spiro atoms. The van der Waals surface area contributed by atoms with Crippen molar-refractivity contribution in [1.29, 1.82) is 0 Å². The molecule has 2 saturated heterocycles. The number of nitrogens with zero attached hydrogens (tertiary/aromatic N) is 2. The zero-order valence-electron chi connectivity index (χ0n) is 27.3. The largest absolute Gasteiger partial charge is 0.433 e. The number of hydrogen-bond donors (Lipinski definition) is 4. The molecular formula is C36H32Cl2F6N6O2. The molecule has 8 nitrogen and oxygen atoms in total. The number of rotatable bonds is 11. The van der Waals surface area contributed by atoms with Crippen molar-refractivity contribution >= 4 is 35.0 Å². The number of carbonyl (C=O) groups excluding carboxylic acids is 2. The van der Waals surface area contributed by atoms with E-state index in [0.29, 0.717) is 49.9 Å². The second-order valence-corrected chi connectivity index (χ2v) is 13.4. The van der Waals surface area contributed by atoms with Crippen LogP contribution in [0.2, 0.25) is 10.0 Å². The van der Waals surface area contributed by atoms with Crippen molar-refractivity contribution in [2.45, 2.75) is 63.2 Å². The van der Waals surface area contributed by atoms with Crippen LogP contribution in [0.15, 0.2) is 60.7 Å². The van der Waals surface area contributed by atoms with Gasteiger partial charge >= 0.3 is 12.4 Å². The summed E-state index contributed by atoms with van der Waals surface area (Å²) in [5, 5.41) is 11.5. The Labute approximate surface area is 304 Å². The van der Waals surface area contributed by atoms with Crippen LogP contribution in [0.5, 0.6) is 0 Å². The van der Waals surface area contributed by atoms with Crippen LogP contribution in [0, 0.1) is 0 Å². The van der Waals surface area contributed by atoms with E-state index in [-0.39, 0.29) is 80.7 Å². The molecule has 52 heavy (non-hydrogen) atoms. The minimum atomic E-state index is -4.78. The van der Waals surface area contributed by atoms with Crippen molar-refractivity contribution in [3.8, 4) is 33.6 Å². The molecule has 2 aliphatic rings. The fourth-order valence-electron chi connectivity index (χ4n) is 6.35. The van der Waals surface area contributed by atoms with Crippen LogP contribution >= 0.6 is 23.2 Å². The molecule has 4 aromatic rings. The molecule has 0 saturated carbocycles. The number of carbonyl (C=O) groups is 2. The molecule has 0 bridgehead atoms. The maximum atomic E-state index is 14.2. The Hall–Kier alpha value is -4.24. The first-order chi connectivity index (χ1) is 24.7. The van der Waals surface area contributed by atoms with E-state index in [4.69, 9.17) is 23.2 Å². The molecule has 4 N–H and O–H groups in total. The second-order valence-electron chi connectivity index (χ2n) is 12.6. The normalized spacial score (nSPS) is 17.8. The molecule has 2 aromatic heterocycles. The fraction of sp³-hybridized carbons (Fsp3) is 0.333. The fourth-order valence-corrected chi connectivity index (χ4v) is 7.00. The highest BCUT2D eigenvalue weighted by Crippen LogP contribution is 2.43. The van der Waals surface area contributed by atoms with Crippen LogP contribution in [-0.4, -0.2) is 47.0 Å². The van der Waals surface area contributed by atoms with Crippen LogP contribution in [-0.2, 0) is 35.0 Å². The highest BCUT2D eigenvalue weighted by atomic mass is 35.5. The molecule has 6 rings (SSSR count). The van der Waals surface area contributed by atoms with E-state index in [1.165, 1.54) is 36.4 Å². The highest BCUT2D eigenvalue weighted by Gasteiger charge is 2.37. The summed E-state index contributed by atoms with van der Waals surface area (Å²) in [7, 11) is 0. The average Bonchev–Trinajstić information content (AvgIpc) is 3.71. The molecule has 2 amide bonds. The van der Waals surface area contributed by atoms with Gasteiger partial charge in [-0.05, 0) is 36.1 Å². The first-order valence-corrected chi connectivity index (χ1v) is 17.2. The zero-order chi connectivity index (χ0) is 37.2. The van der Waals surface area contributed by atoms with Crippen molar-refractivity contribution in [3.63, 3.8) is 0 Å². The summed E-state index contributed by atoms with van der Waals surface area (Å²) < 4.78 is 85.2. The average molecular weight is 766 g/mol. The van der Waals surface area contributed by atoms with Gasteiger partial charge < -0.3 is 21.3 Å². The smallest absolute Gasteiger partial charge is 0.352 e. The minimum absolute atomic E-state index is 0.0360. The lowest BCUT2D eigenvalue weighted by atomic mass is 9.97. The first kappa shape index (κ1) is 37.5. The summed E-state index contributed by atoms with van der Waals surface area (Å²) in [6.07, 6.45) is -7.63. The molecule has 4 heterocycles. The van der Waals surface area contributed by atoms with Gasteiger partial charge in [0.15, 0.2) is 0 Å². The topological polar surface area (TPSA) is 108 Å². The Morgan fingerprint density at radius 1 is 0.615 bits per heavy atom. The molecule has 2 atom stereocenters. The van der Waals surface area contributed by atoms with Crippen LogP contribution in [0.4, 0.5) is 26.3 Å². The van der Waals surface area contributed by atoms with Crippen LogP contribution in [0.25, 0.3) is 33.6 Å². The Morgan fingerprint density at radius 2 is 1.00 bits per heavy atom. The SMILES string of the molecule is O=C1CC[C@@H](CNCc2ccc(-c3cccc(-c4cccc(-c5ccc(CNC[C@@H]6CCC(=O)N6)c(C(F)(F)F)n5)c4Cl)c3Cl)nc2C(F)(F)F)N1. The Bertz CT molecular complexity index is 1850. The monoisotopic (exact) mass is 764 g/mol. The Balaban J connectivity index is 1.27. The number of aromatic nitrogens is 2. The second kappa shape index (κ2) is 15.4. The molecule has 2 aromatic carbocycles. The summed E-state index contributed by atoms with van der Waals surface area (Å²) in [6.45, 7) is 0.336. The number of hydrogen-bond acceptors (Lipinski definition) is 6. The number of nitrogens with one attached hydrogen (secondary N) is 4. The summed E-state index contributed by atoms with van der Waals surface area (Å²) in [5.41, 5.74) is -1.44. The highest BCUT2D eigenvalue weighted by molar-refractivity contribution is 6.39. The molecule has 0 unspecified atom stereocenters. The minimum Gasteiger partial charge on any atom is -0.352 e. The Morgan fingerprint density at radius 3 is 1.35 bits per heavy atom. The Kier molecular flexibility index (Phi) is 11.1. The van der Waals surface area contributed by atoms with Crippen molar-refractivity contribution in [1.82, 2.24) is 31.2 Å². The summed E-state index contributed by atoms with van der Waals surface area (Å²) in [4.78, 5) is 30.8. The van der Waals surface area contributed by atoms with Gasteiger partial charge in [0, 0.05) is 73.4 Å². The molecular weight excluding hydrogens is 733 g/mol. The maximum absolute atomic E-state index is 14.2. The van der Waals surface area contributed by atoms with Crippen LogP contribution in [0.1, 0.15) is 48.2 Å². The predicted molar refractivity (Wildman–Crippen MR) is 184 cm³/mol. The van der Waals surface area contributed by atoms with Crippen molar-refractivity contribution in [2.75, 3.05) is 13.1 Å². The van der Waals surface area contributed by atoms with Crippen LogP contribution in [0.3, 0.4) is 0 Å². The van der Waals surface area contributed by atoms with Gasteiger partial charge in [-0.3, -0.25) is 9.59 Å². The van der Waals surface area contributed by atoms with E-state index >= 15 is 0 Å². The van der Waals surface area contributed by atoms with E-state index in [0.717, 1.165) is 0 Å². The maximum Gasteiger partial charge on any atom is 0.433 e. The molecule has 16 heteroatoms. The summed E-state index contributed by atoms with van der Waals surface area (Å²) in [5.74, 6) is -0.195. The molecule has 2 aliphatic heterocycles. The van der Waals surface area contributed by atoms with Gasteiger partial charge in [-0.25, -0.2) is 9.97 Å². The molecule has 0 aliphatic carbocycles. The van der Waals surface area contributed by atoms with Crippen molar-refractivity contribution < 1.29 is 35.9 Å². The van der Waals surface area contributed by atoms with E-state index in [1.807, 2.05) is 0 Å². The first-order valence-electron chi connectivity index (χ1n) is 16.4. The lowest BCUT2D eigenvalue weighted by Gasteiger charge is -2.18. The number of amides is 2. The molecule has 2 fully saturated rings. The third-order valence-corrected chi connectivity index (χ3v) is 9.73. The standard InChI is InChI=1S/C36H32Cl2F6N6O2/c37-31-23(3-1-5-25(31)27-11-7-19(33(49-27)35(39,40)41)15-45-17-21-9-13-29(51)47-21)24-4-2-6-26(32(24)38)28-12-8-20(34(50-28)36(42,43)44)16-46-18-22-10-14-30(52)48-22/h1-8,11-12,21-22,45-46H,9-10,13-18H2,(H,47,51)(H,48,52)/t21-,22-/m0/s1. The van der Waals surface area contributed by atoms with Crippen molar-refractivity contribution in [3.05, 3.63) is 93.2 Å². The van der Waals surface area contributed by atoms with E-state index in [9.17, 15) is 35.9 Å². The lowest BCUT2D eigenvalue weighted by molar-refractivity contribution is -0.142. The number of benzene rings is 2. The molecule has 0 radical (unpaired) electrons. The number of pyridine rings is 2. The van der Waals surface area contributed by atoms with Gasteiger partial charge in [0.25, 0.3) is 0 Å². The third kappa shape index (κ3) is 8.52. The van der Waals surface area contributed by atoms with E-state index < -0.39 is 23.7 Å². The van der Waals surface area contributed by atoms with E-state index in [2.05, 4.69) is 31.2 Å². The number of alkyl halides is 6. The van der Waals surface area contributed by atoms with Gasteiger partial charge in [-0.15, -0.1) is 0 Å². The van der Waals surface area contributed by atoms with Gasteiger partial charge in [0.05, 0.1) is 21.4 Å². The summed E-state index contributed by atoms with van der Waals surface area (Å²) in [6, 6.07) is 14.5. The molecule has 274 valence electrons.